The summed E-state index contributed by atoms with van der Waals surface area (Å²) >= 11 is 0. The van der Waals surface area contributed by atoms with Crippen molar-refractivity contribution >= 4 is 5.82 Å². The number of hydrogen-bond donors (Lipinski definition) is 1. The minimum atomic E-state index is 0.583. The molecule has 1 aromatic carbocycles. The number of likely N-dealkylation sites (tertiary alicyclic amines) is 1. The summed E-state index contributed by atoms with van der Waals surface area (Å²) in [6, 6.07) is 6.64. The second-order valence-corrected chi connectivity index (χ2v) is 7.32. The van der Waals surface area contributed by atoms with Gasteiger partial charge in [-0.25, -0.2) is 4.68 Å². The van der Waals surface area contributed by atoms with E-state index in [0.717, 1.165) is 26.1 Å². The molecule has 1 saturated heterocycles. The van der Waals surface area contributed by atoms with Crippen LogP contribution in [0.3, 0.4) is 0 Å². The van der Waals surface area contributed by atoms with E-state index in [9.17, 15) is 0 Å². The smallest absolute Gasteiger partial charge is 0.133 e. The first-order chi connectivity index (χ1) is 11.7. The fourth-order valence-electron chi connectivity index (χ4n) is 4.31. The number of piperidine rings is 1. The first kappa shape index (κ1) is 15.7. The van der Waals surface area contributed by atoms with Gasteiger partial charge in [0.15, 0.2) is 0 Å². The Labute approximate surface area is 144 Å². The maximum Gasteiger partial charge on any atom is 0.133 e. The van der Waals surface area contributed by atoms with Crippen LogP contribution in [0.25, 0.3) is 5.69 Å². The Morgan fingerprint density at radius 3 is 2.96 bits per heavy atom. The van der Waals surface area contributed by atoms with Crippen molar-refractivity contribution in [2.45, 2.75) is 46.0 Å². The second-order valence-electron chi connectivity index (χ2n) is 7.32. The molecule has 2 aliphatic rings. The lowest BCUT2D eigenvalue weighted by atomic mass is 9.92. The first-order valence-corrected chi connectivity index (χ1v) is 9.33. The Morgan fingerprint density at radius 2 is 2.17 bits per heavy atom. The van der Waals surface area contributed by atoms with Crippen LogP contribution in [-0.2, 0) is 6.42 Å². The van der Waals surface area contributed by atoms with E-state index in [1.807, 2.05) is 0 Å². The Kier molecular flexibility index (Phi) is 4.09. The topological polar surface area (TPSA) is 33.1 Å². The molecule has 2 aliphatic heterocycles. The summed E-state index contributed by atoms with van der Waals surface area (Å²) < 4.78 is 2.16. The molecule has 0 spiro atoms. The van der Waals surface area contributed by atoms with Gasteiger partial charge in [0, 0.05) is 24.6 Å². The average Bonchev–Trinajstić information content (AvgIpc) is 3.18. The molecular formula is C20H28N4. The van der Waals surface area contributed by atoms with Gasteiger partial charge >= 0.3 is 0 Å². The summed E-state index contributed by atoms with van der Waals surface area (Å²) in [5, 5.41) is 8.69. The van der Waals surface area contributed by atoms with Gasteiger partial charge in [-0.15, -0.1) is 0 Å². The zero-order chi connectivity index (χ0) is 16.7. The third-order valence-electron chi connectivity index (χ3n) is 5.60. The summed E-state index contributed by atoms with van der Waals surface area (Å²) in [5.74, 6) is 1.81. The third kappa shape index (κ3) is 2.63. The first-order valence-electron chi connectivity index (χ1n) is 9.33. The molecule has 4 nitrogen and oxygen atoms in total. The standard InChI is InChI=1S/C20H28N4/c1-4-23-11-5-6-16(13-23)19-17-9-10-21-20(17)24(22-19)18-8-7-14(2)12-15(18)3/h7-8,12,16,21H,4-6,9-11,13H2,1-3H3. The Balaban J connectivity index is 1.75. The van der Waals surface area contributed by atoms with E-state index < -0.39 is 0 Å². The maximum absolute atomic E-state index is 5.11. The van der Waals surface area contributed by atoms with E-state index in [1.54, 1.807) is 0 Å². The molecule has 1 fully saturated rings. The van der Waals surface area contributed by atoms with E-state index in [1.165, 1.54) is 53.3 Å². The highest BCUT2D eigenvalue weighted by Gasteiger charge is 2.30. The van der Waals surface area contributed by atoms with Crippen molar-refractivity contribution in [3.63, 3.8) is 0 Å². The predicted octanol–water partition coefficient (Wildman–Crippen LogP) is 3.66. The highest BCUT2D eigenvalue weighted by molar-refractivity contribution is 5.59. The van der Waals surface area contributed by atoms with Crippen LogP contribution in [0, 0.1) is 13.8 Å². The Bertz CT molecular complexity index is 746. The van der Waals surface area contributed by atoms with Crippen LogP contribution in [0.5, 0.6) is 0 Å². The van der Waals surface area contributed by atoms with Crippen molar-refractivity contribution in [2.75, 3.05) is 31.5 Å². The number of nitrogens with zero attached hydrogens (tertiary/aromatic N) is 3. The van der Waals surface area contributed by atoms with Gasteiger partial charge in [-0.05, 0) is 57.8 Å². The molecule has 0 aliphatic carbocycles. The van der Waals surface area contributed by atoms with Gasteiger partial charge in [-0.1, -0.05) is 24.6 Å². The molecule has 0 saturated carbocycles. The van der Waals surface area contributed by atoms with Crippen LogP contribution in [0.4, 0.5) is 5.82 Å². The van der Waals surface area contributed by atoms with E-state index in [-0.39, 0.29) is 0 Å². The summed E-state index contributed by atoms with van der Waals surface area (Å²) in [4.78, 5) is 2.57. The zero-order valence-electron chi connectivity index (χ0n) is 15.1. The predicted molar refractivity (Wildman–Crippen MR) is 99.3 cm³/mol. The van der Waals surface area contributed by atoms with Crippen LogP contribution in [0.1, 0.15) is 48.1 Å². The molecule has 2 aromatic rings. The van der Waals surface area contributed by atoms with Crippen LogP contribution >= 0.6 is 0 Å². The monoisotopic (exact) mass is 324 g/mol. The zero-order valence-corrected chi connectivity index (χ0v) is 15.1. The number of hydrogen-bond acceptors (Lipinski definition) is 3. The normalized spacial score (nSPS) is 20.9. The Morgan fingerprint density at radius 1 is 1.29 bits per heavy atom. The van der Waals surface area contributed by atoms with E-state index in [0.29, 0.717) is 5.92 Å². The number of likely N-dealkylation sites (N-methyl/N-ethyl adjacent to an activating group) is 1. The molecule has 3 heterocycles. The molecule has 24 heavy (non-hydrogen) atoms. The third-order valence-corrected chi connectivity index (χ3v) is 5.60. The molecule has 1 N–H and O–H groups in total. The SMILES string of the molecule is CCN1CCCC(c2nn(-c3ccc(C)cc3C)c3c2CCN3)C1. The largest absolute Gasteiger partial charge is 0.369 e. The van der Waals surface area contributed by atoms with Gasteiger partial charge in [-0.2, -0.15) is 5.10 Å². The second kappa shape index (κ2) is 6.25. The van der Waals surface area contributed by atoms with E-state index in [2.05, 4.69) is 53.9 Å². The van der Waals surface area contributed by atoms with Gasteiger partial charge in [0.2, 0.25) is 0 Å². The molecule has 4 heteroatoms. The molecule has 0 bridgehead atoms. The minimum absolute atomic E-state index is 0.583. The lowest BCUT2D eigenvalue weighted by Crippen LogP contribution is -2.34. The van der Waals surface area contributed by atoms with Crippen LogP contribution < -0.4 is 5.32 Å². The van der Waals surface area contributed by atoms with Crippen molar-refractivity contribution in [1.29, 1.82) is 0 Å². The Hall–Kier alpha value is -1.81. The summed E-state index contributed by atoms with van der Waals surface area (Å²) in [7, 11) is 0. The molecule has 0 radical (unpaired) electrons. The van der Waals surface area contributed by atoms with Crippen molar-refractivity contribution in [2.24, 2.45) is 0 Å². The number of anilines is 1. The number of aromatic nitrogens is 2. The van der Waals surface area contributed by atoms with Crippen LogP contribution in [0.2, 0.25) is 0 Å². The number of nitrogens with one attached hydrogen (secondary N) is 1. The minimum Gasteiger partial charge on any atom is -0.369 e. The van der Waals surface area contributed by atoms with Crippen LogP contribution in [-0.4, -0.2) is 40.9 Å². The quantitative estimate of drug-likeness (QED) is 0.935. The molecule has 4 rings (SSSR count). The van der Waals surface area contributed by atoms with Crippen molar-refractivity contribution in [3.8, 4) is 5.69 Å². The van der Waals surface area contributed by atoms with Crippen LogP contribution in [0.15, 0.2) is 18.2 Å². The molecule has 1 atom stereocenters. The van der Waals surface area contributed by atoms with Crippen molar-refractivity contribution in [1.82, 2.24) is 14.7 Å². The molecule has 1 unspecified atom stereocenters. The molecule has 128 valence electrons. The highest BCUT2D eigenvalue weighted by atomic mass is 15.3. The number of benzene rings is 1. The van der Waals surface area contributed by atoms with Gasteiger partial charge in [0.25, 0.3) is 0 Å². The summed E-state index contributed by atoms with van der Waals surface area (Å²) in [6.45, 7) is 11.2. The maximum atomic E-state index is 5.11. The van der Waals surface area contributed by atoms with Gasteiger partial charge in [0.05, 0.1) is 11.4 Å². The molecule has 1 aromatic heterocycles. The number of aryl methyl sites for hydroxylation is 2. The summed E-state index contributed by atoms with van der Waals surface area (Å²) in [6.07, 6.45) is 3.67. The van der Waals surface area contributed by atoms with Crippen molar-refractivity contribution in [3.05, 3.63) is 40.6 Å². The highest BCUT2D eigenvalue weighted by Crippen LogP contribution is 2.36. The number of rotatable bonds is 3. The molecule has 0 amide bonds. The van der Waals surface area contributed by atoms with E-state index in [4.69, 9.17) is 5.10 Å². The van der Waals surface area contributed by atoms with Crippen molar-refractivity contribution < 1.29 is 0 Å². The number of fused-ring (bicyclic) bond motifs is 1. The fourth-order valence-corrected chi connectivity index (χ4v) is 4.31. The fraction of sp³-hybridized carbons (Fsp3) is 0.550. The average molecular weight is 324 g/mol. The lowest BCUT2D eigenvalue weighted by Gasteiger charge is -2.31. The van der Waals surface area contributed by atoms with Gasteiger partial charge < -0.3 is 10.2 Å². The van der Waals surface area contributed by atoms with Gasteiger partial charge in [0.1, 0.15) is 5.82 Å². The van der Waals surface area contributed by atoms with E-state index >= 15 is 0 Å². The molecular weight excluding hydrogens is 296 g/mol. The lowest BCUT2D eigenvalue weighted by molar-refractivity contribution is 0.215. The van der Waals surface area contributed by atoms with Gasteiger partial charge in [-0.3, -0.25) is 0 Å². The summed E-state index contributed by atoms with van der Waals surface area (Å²) in [5.41, 5.74) is 6.60.